The average molecular weight is 941 g/mol. The molecule has 16 heteroatoms. The number of nitrogens with zero attached hydrogens (tertiary/aromatic N) is 4. The Morgan fingerprint density at radius 1 is 0.443 bits per heavy atom. The largest absolute Gasteiger partial charge is 0.423 e. The Balaban J connectivity index is 0.742. The summed E-state index contributed by atoms with van der Waals surface area (Å²) in [5.41, 5.74) is 3.27. The summed E-state index contributed by atoms with van der Waals surface area (Å²) in [7, 11) is 0. The molecule has 0 radical (unpaired) electrons. The number of rotatable bonds is 10. The van der Waals surface area contributed by atoms with Gasteiger partial charge in [0.1, 0.15) is 24.8 Å². The Bertz CT molecular complexity index is 2960. The first-order valence-electron chi connectivity index (χ1n) is 23.1. The molecule has 0 saturated heterocycles. The lowest BCUT2D eigenvalue weighted by Gasteiger charge is -2.62. The SMILES string of the molecule is CC1=C(C)C(=O)N(CN2C(=O)c3ccc(C(=O)Oc4ccc(C56CC7CC(C5)CC(c5ccc(OC(=O)c8ccc9c(c8)C(=O)N(CN8C(=O)C(C)=C(C)C8=O)C9=O)cc5)(C7)C6)cc4)cc3C2=O)C1=O. The van der Waals surface area contributed by atoms with Crippen molar-refractivity contribution in [3.8, 4) is 11.5 Å². The number of ether oxygens (including phenoxy) is 2. The van der Waals surface area contributed by atoms with Gasteiger partial charge in [-0.2, -0.15) is 0 Å². The molecule has 0 aromatic heterocycles. The van der Waals surface area contributed by atoms with E-state index >= 15 is 0 Å². The summed E-state index contributed by atoms with van der Waals surface area (Å²) in [6.07, 6.45) is 6.21. The van der Waals surface area contributed by atoms with E-state index in [9.17, 15) is 47.9 Å². The summed E-state index contributed by atoms with van der Waals surface area (Å²) in [6, 6.07) is 23.3. The Morgan fingerprint density at radius 2 is 0.757 bits per heavy atom. The highest BCUT2D eigenvalue weighted by atomic mass is 16.5. The van der Waals surface area contributed by atoms with Crippen molar-refractivity contribution in [3.05, 3.63) is 152 Å². The fraction of sp³-hybridized carbons (Fsp3) is 0.296. The third-order valence-corrected chi connectivity index (χ3v) is 15.8. The third-order valence-electron chi connectivity index (χ3n) is 15.8. The number of fused-ring (bicyclic) bond motifs is 2. The number of hydrogen-bond acceptors (Lipinski definition) is 12. The van der Waals surface area contributed by atoms with Crippen LogP contribution in [0.25, 0.3) is 0 Å². The zero-order valence-corrected chi connectivity index (χ0v) is 38.6. The number of carbonyl (C=O) groups excluding carboxylic acids is 10. The van der Waals surface area contributed by atoms with Gasteiger partial charge in [0.25, 0.3) is 47.3 Å². The van der Waals surface area contributed by atoms with Crippen LogP contribution in [-0.2, 0) is 30.0 Å². The minimum Gasteiger partial charge on any atom is -0.423 e. The van der Waals surface area contributed by atoms with E-state index in [1.807, 2.05) is 24.3 Å². The van der Waals surface area contributed by atoms with Crippen molar-refractivity contribution >= 4 is 59.2 Å². The Kier molecular flexibility index (Phi) is 9.95. The minimum atomic E-state index is -0.728. The molecule has 4 aromatic rings. The minimum absolute atomic E-state index is 0.0260. The molecule has 4 heterocycles. The predicted octanol–water partition coefficient (Wildman–Crippen LogP) is 6.43. The van der Waals surface area contributed by atoms with Crippen LogP contribution >= 0.6 is 0 Å². The van der Waals surface area contributed by atoms with Gasteiger partial charge in [-0.25, -0.2) is 9.59 Å². The van der Waals surface area contributed by atoms with Crippen LogP contribution in [0.3, 0.4) is 0 Å². The highest BCUT2D eigenvalue weighted by molar-refractivity contribution is 6.25. The number of carbonyl (C=O) groups is 10. The molecule has 4 aliphatic heterocycles. The van der Waals surface area contributed by atoms with Crippen molar-refractivity contribution in [3.63, 3.8) is 0 Å². The molecule has 16 nitrogen and oxygen atoms in total. The summed E-state index contributed by atoms with van der Waals surface area (Å²) < 4.78 is 11.5. The van der Waals surface area contributed by atoms with E-state index in [0.29, 0.717) is 23.3 Å². The van der Waals surface area contributed by atoms with Gasteiger partial charge in [0.15, 0.2) is 0 Å². The number of amides is 8. The highest BCUT2D eigenvalue weighted by Crippen LogP contribution is 2.66. The molecule has 70 heavy (non-hydrogen) atoms. The van der Waals surface area contributed by atoms with Crippen LogP contribution in [0.15, 0.2) is 107 Å². The molecular formula is C54H44N4O12. The van der Waals surface area contributed by atoms with Crippen molar-refractivity contribution in [1.82, 2.24) is 19.6 Å². The molecule has 0 spiro atoms. The van der Waals surface area contributed by atoms with Crippen molar-refractivity contribution < 1.29 is 57.4 Å². The molecule has 4 aromatic carbocycles. The van der Waals surface area contributed by atoms with E-state index < -0.39 is 72.5 Å². The quantitative estimate of drug-likeness (QED) is 0.0960. The monoisotopic (exact) mass is 940 g/mol. The molecule has 4 saturated carbocycles. The van der Waals surface area contributed by atoms with Crippen molar-refractivity contribution in [2.45, 2.75) is 77.0 Å². The maximum Gasteiger partial charge on any atom is 0.343 e. The van der Waals surface area contributed by atoms with E-state index in [-0.39, 0.29) is 66.5 Å². The van der Waals surface area contributed by atoms with Gasteiger partial charge in [0.05, 0.1) is 33.4 Å². The maximum atomic E-state index is 13.4. The van der Waals surface area contributed by atoms with E-state index in [4.69, 9.17) is 9.47 Å². The molecule has 352 valence electrons. The average Bonchev–Trinajstić information content (AvgIpc) is 3.88. The van der Waals surface area contributed by atoms with Gasteiger partial charge in [-0.15, -0.1) is 0 Å². The summed E-state index contributed by atoms with van der Waals surface area (Å²) in [5, 5.41) is 0. The van der Waals surface area contributed by atoms with Crippen LogP contribution in [0.5, 0.6) is 11.5 Å². The number of imide groups is 4. The first kappa shape index (κ1) is 44.4. The summed E-state index contributed by atoms with van der Waals surface area (Å²) in [6.45, 7) is 4.97. The highest BCUT2D eigenvalue weighted by Gasteiger charge is 2.58. The van der Waals surface area contributed by atoms with Gasteiger partial charge in [-0.05, 0) is 161 Å². The van der Waals surface area contributed by atoms with Crippen LogP contribution in [0.2, 0.25) is 0 Å². The van der Waals surface area contributed by atoms with E-state index in [0.717, 1.165) is 69.3 Å². The number of benzene rings is 4. The topological polar surface area (TPSA) is 202 Å². The first-order chi connectivity index (χ1) is 33.4. The van der Waals surface area contributed by atoms with Gasteiger partial charge in [0, 0.05) is 22.3 Å². The molecule has 4 fully saturated rings. The second-order valence-corrected chi connectivity index (χ2v) is 19.8. The fourth-order valence-corrected chi connectivity index (χ4v) is 12.3. The van der Waals surface area contributed by atoms with Gasteiger partial charge in [0.2, 0.25) is 0 Å². The van der Waals surface area contributed by atoms with Gasteiger partial charge < -0.3 is 9.47 Å². The molecular weight excluding hydrogens is 897 g/mol. The molecule has 4 aliphatic carbocycles. The molecule has 0 N–H and O–H groups in total. The predicted molar refractivity (Wildman–Crippen MR) is 245 cm³/mol. The van der Waals surface area contributed by atoms with Gasteiger partial charge in [-0.3, -0.25) is 58.0 Å². The lowest BCUT2D eigenvalue weighted by molar-refractivity contribution is -0.140. The van der Waals surface area contributed by atoms with Crippen molar-refractivity contribution in [1.29, 1.82) is 0 Å². The molecule has 8 aliphatic rings. The number of hydrogen-bond donors (Lipinski definition) is 0. The molecule has 0 unspecified atom stereocenters. The Hall–Kier alpha value is -8.14. The van der Waals surface area contributed by atoms with Crippen LogP contribution < -0.4 is 9.47 Å². The normalized spacial score (nSPS) is 24.6. The van der Waals surface area contributed by atoms with E-state index in [1.165, 1.54) is 64.1 Å². The van der Waals surface area contributed by atoms with Gasteiger partial charge in [-0.1, -0.05) is 24.3 Å². The fourth-order valence-electron chi connectivity index (χ4n) is 12.3. The Labute approximate surface area is 400 Å². The third kappa shape index (κ3) is 6.71. The maximum absolute atomic E-state index is 13.4. The second kappa shape index (κ2) is 15.7. The summed E-state index contributed by atoms with van der Waals surface area (Å²) in [5.74, 6) is -4.91. The molecule has 12 rings (SSSR count). The van der Waals surface area contributed by atoms with E-state index in [2.05, 4.69) is 0 Å². The summed E-state index contributed by atoms with van der Waals surface area (Å²) >= 11 is 0. The molecule has 8 amide bonds. The lowest BCUT2D eigenvalue weighted by Crippen LogP contribution is -2.55. The standard InChI is InChI=1S/C54H44N4O12/c1-27-28(2)44(60)55(43(27)59)25-57-47(63)39-15-5-33(18-41(39)49(57)65)51(67)69-37-11-7-35(8-12-37)53-20-31-17-32(21-53)23-54(22-31,24-53)36-9-13-38(14-10-36)70-52(68)34-6-16-40-42(19-34)50(66)58(48(40)64)26-56-45(61)29(3)30(4)46(56)62/h5-16,18-19,31-32H,17,20-26H2,1-4H3. The number of esters is 2. The van der Waals surface area contributed by atoms with Gasteiger partial charge >= 0.3 is 11.9 Å². The van der Waals surface area contributed by atoms with Crippen LogP contribution in [0, 0.1) is 11.8 Å². The van der Waals surface area contributed by atoms with Crippen molar-refractivity contribution in [2.75, 3.05) is 13.3 Å². The second-order valence-electron chi connectivity index (χ2n) is 19.8. The van der Waals surface area contributed by atoms with E-state index in [1.54, 1.807) is 24.3 Å². The zero-order valence-electron chi connectivity index (χ0n) is 38.6. The van der Waals surface area contributed by atoms with Crippen LogP contribution in [0.4, 0.5) is 0 Å². The van der Waals surface area contributed by atoms with Crippen molar-refractivity contribution in [2.24, 2.45) is 11.8 Å². The first-order valence-corrected chi connectivity index (χ1v) is 23.1. The van der Waals surface area contributed by atoms with Crippen LogP contribution in [-0.4, -0.2) is 92.1 Å². The van der Waals surface area contributed by atoms with Crippen LogP contribution in [0.1, 0.15) is 139 Å². The lowest BCUT2D eigenvalue weighted by atomic mass is 9.42. The zero-order chi connectivity index (χ0) is 49.3. The molecule has 0 atom stereocenters. The summed E-state index contributed by atoms with van der Waals surface area (Å²) in [4.78, 5) is 134. The smallest absolute Gasteiger partial charge is 0.343 e. The molecule has 4 bridgehead atoms. The Morgan fingerprint density at radius 3 is 1.10 bits per heavy atom.